The van der Waals surface area contributed by atoms with Crippen molar-refractivity contribution in [2.75, 3.05) is 4.90 Å². The Labute approximate surface area is 315 Å². The summed E-state index contributed by atoms with van der Waals surface area (Å²) in [5.41, 5.74) is 14.8. The summed E-state index contributed by atoms with van der Waals surface area (Å²) in [6.45, 7) is 0. The van der Waals surface area contributed by atoms with Crippen LogP contribution in [-0.2, 0) is 5.41 Å². The van der Waals surface area contributed by atoms with E-state index in [9.17, 15) is 0 Å². The second kappa shape index (κ2) is 11.3. The highest BCUT2D eigenvalue weighted by molar-refractivity contribution is 7.26. The van der Waals surface area contributed by atoms with Gasteiger partial charge in [0, 0.05) is 36.8 Å². The van der Waals surface area contributed by atoms with Crippen molar-refractivity contribution in [1.82, 2.24) is 0 Å². The molecule has 5 unspecified atom stereocenters. The van der Waals surface area contributed by atoms with Crippen LogP contribution in [0.4, 0.5) is 17.1 Å². The average molecular weight is 698 g/mol. The number of hydrogen-bond acceptors (Lipinski definition) is 2. The van der Waals surface area contributed by atoms with Gasteiger partial charge in [0.15, 0.2) is 0 Å². The minimum Gasteiger partial charge on any atom is -0.309 e. The lowest BCUT2D eigenvalue weighted by atomic mass is 9.36. The summed E-state index contributed by atoms with van der Waals surface area (Å²) in [6.07, 6.45) is 5.49. The molecule has 12 rings (SSSR count). The molecule has 3 saturated carbocycles. The van der Waals surface area contributed by atoms with Crippen LogP contribution in [0.1, 0.15) is 36.8 Å². The SMILES string of the molecule is c1ccc(-c2ccc(N(c3ccc4c(c3)C3(CCC5CC6CC3C56)c3ccccc3-4)c3cccc4sc5ccccc5c34)c(-c3ccccc3)c2)cc1. The van der Waals surface area contributed by atoms with Gasteiger partial charge < -0.3 is 4.90 Å². The highest BCUT2D eigenvalue weighted by atomic mass is 32.1. The smallest absolute Gasteiger partial charge is 0.0555 e. The number of fused-ring (bicyclic) bond motifs is 9. The largest absolute Gasteiger partial charge is 0.309 e. The predicted molar refractivity (Wildman–Crippen MR) is 224 cm³/mol. The van der Waals surface area contributed by atoms with E-state index in [0.29, 0.717) is 0 Å². The minimum atomic E-state index is 0.103. The predicted octanol–water partition coefficient (Wildman–Crippen LogP) is 14.2. The summed E-state index contributed by atoms with van der Waals surface area (Å²) in [5.74, 6) is 3.56. The Hall–Kier alpha value is -5.44. The Kier molecular flexibility index (Phi) is 6.40. The van der Waals surface area contributed by atoms with Crippen molar-refractivity contribution in [2.45, 2.75) is 31.1 Å². The summed E-state index contributed by atoms with van der Waals surface area (Å²) < 4.78 is 2.66. The zero-order chi connectivity index (χ0) is 34.7. The van der Waals surface area contributed by atoms with E-state index in [1.54, 1.807) is 11.1 Å². The molecule has 0 bridgehead atoms. The van der Waals surface area contributed by atoms with Crippen LogP contribution in [0.3, 0.4) is 0 Å². The van der Waals surface area contributed by atoms with E-state index >= 15 is 0 Å². The van der Waals surface area contributed by atoms with Crippen LogP contribution >= 0.6 is 11.3 Å². The quantitative estimate of drug-likeness (QED) is 0.173. The molecule has 7 aromatic carbocycles. The molecule has 53 heavy (non-hydrogen) atoms. The molecule has 3 fully saturated rings. The molecule has 254 valence electrons. The molecule has 0 radical (unpaired) electrons. The lowest BCUT2D eigenvalue weighted by Gasteiger charge is -2.68. The Balaban J connectivity index is 1.14. The first-order valence-corrected chi connectivity index (χ1v) is 20.3. The molecule has 0 saturated heterocycles. The van der Waals surface area contributed by atoms with Gasteiger partial charge in [-0.05, 0) is 131 Å². The van der Waals surface area contributed by atoms with Gasteiger partial charge in [-0.3, -0.25) is 0 Å². The summed E-state index contributed by atoms with van der Waals surface area (Å²) in [4.78, 5) is 2.61. The molecule has 0 amide bonds. The summed E-state index contributed by atoms with van der Waals surface area (Å²) in [5, 5.41) is 2.65. The number of anilines is 3. The molecule has 0 aliphatic heterocycles. The zero-order valence-electron chi connectivity index (χ0n) is 29.6. The van der Waals surface area contributed by atoms with Crippen molar-refractivity contribution in [3.8, 4) is 33.4 Å². The van der Waals surface area contributed by atoms with E-state index < -0.39 is 0 Å². The second-order valence-electron chi connectivity index (χ2n) is 16.0. The zero-order valence-corrected chi connectivity index (χ0v) is 30.4. The van der Waals surface area contributed by atoms with E-state index in [2.05, 4.69) is 169 Å². The molecular formula is C51H39NS. The maximum Gasteiger partial charge on any atom is 0.0555 e. The molecule has 4 aliphatic carbocycles. The van der Waals surface area contributed by atoms with E-state index in [-0.39, 0.29) is 5.41 Å². The number of hydrogen-bond donors (Lipinski definition) is 0. The van der Waals surface area contributed by atoms with Crippen LogP contribution in [0.5, 0.6) is 0 Å². The molecule has 8 aromatic rings. The third-order valence-corrected chi connectivity index (χ3v) is 14.9. The van der Waals surface area contributed by atoms with Crippen LogP contribution in [0.15, 0.2) is 164 Å². The molecule has 1 aromatic heterocycles. The highest BCUT2D eigenvalue weighted by Crippen LogP contribution is 2.73. The van der Waals surface area contributed by atoms with E-state index in [1.807, 2.05) is 11.3 Å². The fourth-order valence-corrected chi connectivity index (χ4v) is 12.6. The first-order valence-electron chi connectivity index (χ1n) is 19.5. The van der Waals surface area contributed by atoms with Crippen LogP contribution in [0, 0.1) is 23.7 Å². The lowest BCUT2D eigenvalue weighted by Crippen LogP contribution is -2.62. The Morgan fingerprint density at radius 3 is 2.13 bits per heavy atom. The second-order valence-corrected chi connectivity index (χ2v) is 17.1. The third kappa shape index (κ3) is 4.19. The van der Waals surface area contributed by atoms with E-state index in [4.69, 9.17) is 0 Å². The van der Waals surface area contributed by atoms with Gasteiger partial charge in [0.1, 0.15) is 0 Å². The summed E-state index contributed by atoms with van der Waals surface area (Å²) in [7, 11) is 0. The van der Waals surface area contributed by atoms with Gasteiger partial charge in [0.05, 0.1) is 11.4 Å². The van der Waals surface area contributed by atoms with E-state index in [0.717, 1.165) is 23.7 Å². The van der Waals surface area contributed by atoms with Gasteiger partial charge in [0.2, 0.25) is 0 Å². The number of thiophene rings is 1. The van der Waals surface area contributed by atoms with Gasteiger partial charge in [0.25, 0.3) is 0 Å². The Bertz CT molecular complexity index is 2730. The molecule has 1 heterocycles. The van der Waals surface area contributed by atoms with E-state index in [1.165, 1.54) is 96.3 Å². The first-order chi connectivity index (χ1) is 26.3. The van der Waals surface area contributed by atoms with Crippen LogP contribution in [0.25, 0.3) is 53.6 Å². The standard InChI is InChI=1S/C51H39NS/c1-3-12-32(13-4-1)34-22-25-45(41(29-34)33-14-5-2-6-15-33)52(46-19-11-21-48-50(46)40-17-8-10-20-47(40)53-48)37-23-24-39-38-16-7-9-18-42(38)51(43(39)31-37)27-26-35-28-36-30-44(51)49(35)36/h1-25,29,31,35-36,44,49H,26-28,30H2. The van der Waals surface area contributed by atoms with Gasteiger partial charge >= 0.3 is 0 Å². The lowest BCUT2D eigenvalue weighted by molar-refractivity contribution is -0.149. The fraction of sp³-hybridized carbons (Fsp3) is 0.176. The van der Waals surface area contributed by atoms with Gasteiger partial charge in [-0.2, -0.15) is 0 Å². The summed E-state index contributed by atoms with van der Waals surface area (Å²) in [6, 6.07) is 61.8. The topological polar surface area (TPSA) is 3.24 Å². The number of benzene rings is 7. The molecule has 5 atom stereocenters. The van der Waals surface area contributed by atoms with Crippen molar-refractivity contribution < 1.29 is 0 Å². The molecule has 0 N–H and O–H groups in total. The maximum absolute atomic E-state index is 2.63. The van der Waals surface area contributed by atoms with Crippen molar-refractivity contribution in [1.29, 1.82) is 0 Å². The molecule has 4 aliphatic rings. The van der Waals surface area contributed by atoms with Crippen LogP contribution in [-0.4, -0.2) is 0 Å². The van der Waals surface area contributed by atoms with Crippen LogP contribution in [0.2, 0.25) is 0 Å². The Morgan fingerprint density at radius 2 is 1.26 bits per heavy atom. The fourth-order valence-electron chi connectivity index (χ4n) is 11.5. The maximum atomic E-state index is 2.63. The average Bonchev–Trinajstić information content (AvgIpc) is 3.72. The monoisotopic (exact) mass is 697 g/mol. The van der Waals surface area contributed by atoms with Crippen molar-refractivity contribution in [3.63, 3.8) is 0 Å². The van der Waals surface area contributed by atoms with Crippen molar-refractivity contribution in [2.24, 2.45) is 23.7 Å². The number of rotatable bonds is 5. The van der Waals surface area contributed by atoms with Gasteiger partial charge in [-0.1, -0.05) is 121 Å². The number of nitrogens with zero attached hydrogens (tertiary/aromatic N) is 1. The molecule has 2 heteroatoms. The highest BCUT2D eigenvalue weighted by Gasteiger charge is 2.65. The first kappa shape index (κ1) is 30.1. The third-order valence-electron chi connectivity index (χ3n) is 13.7. The Morgan fingerprint density at radius 1 is 0.509 bits per heavy atom. The van der Waals surface area contributed by atoms with Gasteiger partial charge in [-0.15, -0.1) is 11.3 Å². The van der Waals surface area contributed by atoms with Crippen molar-refractivity contribution >= 4 is 48.6 Å². The van der Waals surface area contributed by atoms with Crippen LogP contribution < -0.4 is 4.90 Å². The normalized spacial score (nSPS) is 23.2. The minimum absolute atomic E-state index is 0.103. The summed E-state index contributed by atoms with van der Waals surface area (Å²) >= 11 is 1.90. The molecular weight excluding hydrogens is 659 g/mol. The van der Waals surface area contributed by atoms with Gasteiger partial charge in [-0.25, -0.2) is 0 Å². The van der Waals surface area contributed by atoms with Crippen molar-refractivity contribution in [3.05, 3.63) is 175 Å². The molecule has 1 nitrogen and oxygen atoms in total. The molecule has 1 spiro atoms.